The Balaban J connectivity index is 1.01. The van der Waals surface area contributed by atoms with Gasteiger partial charge in [0.15, 0.2) is 9.84 Å². The molecule has 0 N–H and O–H groups in total. The molecule has 3 unspecified atom stereocenters. The van der Waals surface area contributed by atoms with Gasteiger partial charge >= 0.3 is 0 Å². The summed E-state index contributed by atoms with van der Waals surface area (Å²) < 4.78 is 25.1. The molecule has 7 rings (SSSR count). The number of sulfone groups is 1. The lowest BCUT2D eigenvalue weighted by atomic mass is 9.56. The van der Waals surface area contributed by atoms with Gasteiger partial charge in [-0.3, -0.25) is 4.90 Å². The van der Waals surface area contributed by atoms with Crippen LogP contribution >= 0.6 is 0 Å². The van der Waals surface area contributed by atoms with E-state index in [1.165, 1.54) is 58.2 Å². The Bertz CT molecular complexity index is 1330. The summed E-state index contributed by atoms with van der Waals surface area (Å²) in [6, 6.07) is 17.8. The van der Waals surface area contributed by atoms with Crippen molar-refractivity contribution in [3.05, 3.63) is 59.7 Å². The molecule has 3 heterocycles. The third-order valence-electron chi connectivity index (χ3n) is 11.6. The molecule has 2 saturated carbocycles. The summed E-state index contributed by atoms with van der Waals surface area (Å²) in [5, 5.41) is -0.139. The highest BCUT2D eigenvalue weighted by molar-refractivity contribution is 7.92. The second kappa shape index (κ2) is 11.0. The van der Waals surface area contributed by atoms with Crippen LogP contribution in [0.5, 0.6) is 0 Å². The van der Waals surface area contributed by atoms with E-state index in [1.54, 1.807) is 11.1 Å². The summed E-state index contributed by atoms with van der Waals surface area (Å²) in [6.45, 7) is 12.9. The summed E-state index contributed by atoms with van der Waals surface area (Å²) in [5.41, 5.74) is 4.77. The van der Waals surface area contributed by atoms with Crippen molar-refractivity contribution in [1.29, 1.82) is 0 Å². The minimum absolute atomic E-state index is 0.139. The predicted octanol–water partition coefficient (Wildman–Crippen LogP) is 6.12. The summed E-state index contributed by atoms with van der Waals surface area (Å²) >= 11 is 0. The molecule has 5 nitrogen and oxygen atoms in total. The van der Waals surface area contributed by atoms with Gasteiger partial charge in [-0.2, -0.15) is 0 Å². The van der Waals surface area contributed by atoms with Gasteiger partial charge in [0.2, 0.25) is 0 Å². The molecule has 3 aliphatic heterocycles. The molecule has 0 radical (unpaired) electrons. The molecule has 41 heavy (non-hydrogen) atoms. The molecule has 0 amide bonds. The number of benzene rings is 2. The number of hydrogen-bond donors (Lipinski definition) is 0. The largest absolute Gasteiger partial charge is 0.371 e. The van der Waals surface area contributed by atoms with Crippen LogP contribution < -0.4 is 4.90 Å². The second-order valence-corrected chi connectivity index (χ2v) is 16.3. The van der Waals surface area contributed by atoms with Crippen LogP contribution in [0.3, 0.4) is 0 Å². The zero-order valence-corrected chi connectivity index (χ0v) is 26.0. The van der Waals surface area contributed by atoms with Gasteiger partial charge in [0.05, 0.1) is 10.1 Å². The molecule has 222 valence electrons. The van der Waals surface area contributed by atoms with E-state index in [2.05, 4.69) is 52.8 Å². The van der Waals surface area contributed by atoms with E-state index >= 15 is 0 Å². The molecule has 5 aliphatic rings. The van der Waals surface area contributed by atoms with Crippen molar-refractivity contribution in [2.24, 2.45) is 17.8 Å². The molecule has 0 spiro atoms. The van der Waals surface area contributed by atoms with Crippen LogP contribution in [0.15, 0.2) is 53.4 Å². The first kappa shape index (κ1) is 27.9. The Morgan fingerprint density at radius 3 is 2.32 bits per heavy atom. The number of fused-ring (bicyclic) bond motifs is 1. The van der Waals surface area contributed by atoms with Gasteiger partial charge in [0.1, 0.15) is 0 Å². The molecule has 3 atom stereocenters. The summed E-state index contributed by atoms with van der Waals surface area (Å²) in [6.07, 6.45) is 9.91. The normalized spacial score (nSPS) is 30.3. The van der Waals surface area contributed by atoms with Gasteiger partial charge in [-0.15, -0.1) is 0 Å². The van der Waals surface area contributed by atoms with E-state index < -0.39 is 9.84 Å². The Hall–Kier alpha value is -1.89. The first-order valence-electron chi connectivity index (χ1n) is 16.5. The van der Waals surface area contributed by atoms with Crippen molar-refractivity contribution < 1.29 is 8.42 Å². The fourth-order valence-electron chi connectivity index (χ4n) is 9.17. The molecule has 2 aromatic rings. The number of nitrogens with zero attached hydrogens (tertiary/aromatic N) is 3. The Morgan fingerprint density at radius 2 is 1.63 bits per heavy atom. The highest BCUT2D eigenvalue weighted by Crippen LogP contribution is 2.54. The summed E-state index contributed by atoms with van der Waals surface area (Å²) in [7, 11) is -3.10. The Kier molecular flexibility index (Phi) is 7.48. The third-order valence-corrected chi connectivity index (χ3v) is 13.9. The Labute approximate surface area is 248 Å². The number of rotatable bonds is 8. The average molecular weight is 576 g/mol. The Morgan fingerprint density at radius 1 is 0.902 bits per heavy atom. The molecule has 0 bridgehead atoms. The van der Waals surface area contributed by atoms with Crippen LogP contribution in [-0.2, 0) is 21.8 Å². The lowest BCUT2D eigenvalue weighted by molar-refractivity contribution is 0.0144. The average Bonchev–Trinajstić information content (AvgIpc) is 3.70. The zero-order valence-electron chi connectivity index (χ0n) is 25.2. The van der Waals surface area contributed by atoms with Crippen molar-refractivity contribution in [3.8, 4) is 0 Å². The standard InChI is InChI=1S/C35H49N3O2S/c1-3-36-24-28-8-4-7-11-34(28)35(25-36,29-9-5-6-10-29)30-18-19-37(26(2)20-30)21-27-22-38(23-27)31-12-14-32(15-13-31)41(39,40)33-16-17-33/h4,7-8,11-15,26-27,29-30,33H,3,5-6,9-10,16-25H2,1-2H3. The maximum absolute atomic E-state index is 12.6. The van der Waals surface area contributed by atoms with Crippen LogP contribution in [0.4, 0.5) is 5.69 Å². The quantitative estimate of drug-likeness (QED) is 0.379. The second-order valence-electron chi connectivity index (χ2n) is 14.1. The van der Waals surface area contributed by atoms with Crippen LogP contribution in [0.1, 0.15) is 76.3 Å². The summed E-state index contributed by atoms with van der Waals surface area (Å²) in [4.78, 5) is 8.45. The highest BCUT2D eigenvalue weighted by atomic mass is 32.2. The smallest absolute Gasteiger partial charge is 0.181 e. The molecular weight excluding hydrogens is 526 g/mol. The van der Waals surface area contributed by atoms with Gasteiger partial charge in [-0.05, 0) is 106 Å². The van der Waals surface area contributed by atoms with Gasteiger partial charge in [-0.25, -0.2) is 8.42 Å². The molecule has 4 fully saturated rings. The van der Waals surface area contributed by atoms with E-state index in [-0.39, 0.29) is 5.25 Å². The highest BCUT2D eigenvalue weighted by Gasteiger charge is 2.52. The van der Waals surface area contributed by atoms with Crippen LogP contribution in [-0.4, -0.2) is 68.8 Å². The maximum atomic E-state index is 12.6. The topological polar surface area (TPSA) is 43.9 Å². The first-order valence-corrected chi connectivity index (χ1v) is 18.1. The van der Waals surface area contributed by atoms with E-state index in [4.69, 9.17) is 0 Å². The first-order chi connectivity index (χ1) is 19.9. The minimum Gasteiger partial charge on any atom is -0.371 e. The molecule has 2 aromatic carbocycles. The predicted molar refractivity (Wildman–Crippen MR) is 167 cm³/mol. The van der Waals surface area contributed by atoms with Crippen molar-refractivity contribution in [2.45, 2.75) is 93.4 Å². The van der Waals surface area contributed by atoms with Gasteiger partial charge < -0.3 is 9.80 Å². The van der Waals surface area contributed by atoms with Crippen molar-refractivity contribution >= 4 is 15.5 Å². The third kappa shape index (κ3) is 5.06. The van der Waals surface area contributed by atoms with Crippen LogP contribution in [0, 0.1) is 17.8 Å². The number of anilines is 1. The van der Waals surface area contributed by atoms with Crippen molar-refractivity contribution in [3.63, 3.8) is 0 Å². The van der Waals surface area contributed by atoms with Gasteiger partial charge in [0, 0.05) is 55.8 Å². The van der Waals surface area contributed by atoms with Crippen LogP contribution in [0.25, 0.3) is 0 Å². The molecular formula is C35H49N3O2S. The lowest BCUT2D eigenvalue weighted by Crippen LogP contribution is -2.59. The lowest BCUT2D eigenvalue weighted by Gasteiger charge is -2.55. The van der Waals surface area contributed by atoms with Gasteiger partial charge in [-0.1, -0.05) is 44.0 Å². The SMILES string of the molecule is CCN1Cc2ccccc2C(C2CCCC2)(C2CCN(CC3CN(c4ccc(S(=O)(=O)C5CC5)cc4)C3)C(C)C2)C1. The molecule has 2 aliphatic carbocycles. The number of hydrogen-bond acceptors (Lipinski definition) is 5. The van der Waals surface area contributed by atoms with E-state index in [9.17, 15) is 8.42 Å². The number of likely N-dealkylation sites (tertiary alicyclic amines) is 1. The zero-order chi connectivity index (χ0) is 28.2. The minimum atomic E-state index is -3.10. The van der Waals surface area contributed by atoms with Crippen molar-refractivity contribution in [2.75, 3.05) is 44.2 Å². The molecule has 2 saturated heterocycles. The summed E-state index contributed by atoms with van der Waals surface area (Å²) in [5.74, 6) is 2.28. The fraction of sp³-hybridized carbons (Fsp3) is 0.657. The van der Waals surface area contributed by atoms with Crippen LogP contribution in [0.2, 0.25) is 0 Å². The van der Waals surface area contributed by atoms with E-state index in [0.29, 0.717) is 22.3 Å². The van der Waals surface area contributed by atoms with Crippen molar-refractivity contribution in [1.82, 2.24) is 9.80 Å². The van der Waals surface area contributed by atoms with E-state index in [1.807, 2.05) is 24.3 Å². The number of likely N-dealkylation sites (N-methyl/N-ethyl adjacent to an activating group) is 1. The molecule has 6 heteroatoms. The fourth-order valence-corrected chi connectivity index (χ4v) is 10.8. The van der Waals surface area contributed by atoms with E-state index in [0.717, 1.165) is 56.5 Å². The number of piperidine rings is 1. The monoisotopic (exact) mass is 575 g/mol. The maximum Gasteiger partial charge on any atom is 0.181 e. The molecule has 0 aromatic heterocycles. The van der Waals surface area contributed by atoms with Gasteiger partial charge in [0.25, 0.3) is 0 Å².